The van der Waals surface area contributed by atoms with Gasteiger partial charge in [0.25, 0.3) is 0 Å². The van der Waals surface area contributed by atoms with E-state index in [2.05, 4.69) is 58.2 Å². The zero-order valence-corrected chi connectivity index (χ0v) is 48.4. The van der Waals surface area contributed by atoms with Crippen molar-refractivity contribution in [2.45, 2.75) is 147 Å². The van der Waals surface area contributed by atoms with E-state index in [1.165, 1.54) is 16.7 Å². The molecule has 33 heteroatoms. The van der Waals surface area contributed by atoms with Crippen LogP contribution in [0.2, 0.25) is 0 Å². The molecule has 0 saturated carbocycles. The molecule has 1 rings (SSSR count). The van der Waals surface area contributed by atoms with E-state index in [0.29, 0.717) is 18.6 Å². The zero-order chi connectivity index (χ0) is 62.4. The molecule has 1 heterocycles. The van der Waals surface area contributed by atoms with Crippen LogP contribution in [0.3, 0.4) is 0 Å². The number of hydrogen-bond donors (Lipinski definition) is 18. The molecule has 32 nitrogen and oxygen atoms in total. The molecule has 1 fully saturated rings. The maximum Gasteiger partial charge on any atom is 0.245 e. The molecule has 1 aliphatic heterocycles. The number of aliphatic hydroxyl groups excluding tert-OH is 4. The smallest absolute Gasteiger partial charge is 0.245 e. The Morgan fingerprint density at radius 3 is 1.57 bits per heavy atom. The van der Waals surface area contributed by atoms with E-state index >= 15 is 0 Å². The lowest BCUT2D eigenvalue weighted by atomic mass is 9.96. The summed E-state index contributed by atoms with van der Waals surface area (Å²) in [5, 5.41) is 63.4. The van der Waals surface area contributed by atoms with Crippen LogP contribution in [0.25, 0.3) is 0 Å². The molecule has 12 amide bonds. The maximum absolute atomic E-state index is 14.3. The minimum absolute atomic E-state index is 0.00987. The number of rotatable bonds is 38. The fourth-order valence-electron chi connectivity index (χ4n) is 8.16. The Morgan fingerprint density at radius 1 is 0.598 bits per heavy atom. The summed E-state index contributed by atoms with van der Waals surface area (Å²) in [6, 6.07) is -14.0. The van der Waals surface area contributed by atoms with E-state index in [-0.39, 0.29) is 63.0 Å². The molecule has 0 aliphatic carbocycles. The van der Waals surface area contributed by atoms with Gasteiger partial charge in [0.15, 0.2) is 5.96 Å². The van der Waals surface area contributed by atoms with Crippen LogP contribution in [-0.4, -0.2) is 227 Å². The molecule has 466 valence electrons. The molecule has 0 aromatic carbocycles. The number of hydrogen-bond acceptors (Lipinski definition) is 19. The van der Waals surface area contributed by atoms with Crippen molar-refractivity contribution in [3.63, 3.8) is 0 Å². The van der Waals surface area contributed by atoms with Crippen molar-refractivity contribution >= 4 is 88.6 Å². The van der Waals surface area contributed by atoms with Gasteiger partial charge in [-0.2, -0.15) is 11.8 Å². The zero-order valence-electron chi connectivity index (χ0n) is 47.6. The molecule has 0 spiro atoms. The molecule has 1 aliphatic rings. The van der Waals surface area contributed by atoms with E-state index in [0.717, 1.165) is 0 Å². The largest absolute Gasteiger partial charge is 0.394 e. The Bertz CT molecular complexity index is 2210. The highest BCUT2D eigenvalue weighted by atomic mass is 32.2. The number of nitrogens with one attached hydrogen (secondary N) is 10. The Hall–Kier alpha value is -6.94. The number of amides is 12. The molecule has 11 atom stereocenters. The summed E-state index contributed by atoms with van der Waals surface area (Å²) < 4.78 is 0. The summed E-state index contributed by atoms with van der Waals surface area (Å²) in [5.74, 6) is -11.8. The van der Waals surface area contributed by atoms with E-state index in [9.17, 15) is 78.0 Å². The number of aliphatic hydroxyl groups is 4. The Labute approximate surface area is 480 Å². The number of primary amides is 1. The SMILES string of the molecule is CC[C@H](C)[C@H](NC(=O)[C@H](CC(C)C)NC(=O)CNC(=O)[C@H](CO)NC(=O)[C@H](CO)NC(=O)[C@H](CO)NC(=O)CN)C(=O)N[C@@H](CO)C(=O)N[C@@H](CCSC)C(=O)N1CCC[C@H]1C(=O)N[C@@H](CCCN=C(N)N)C(=O)N[C@H](C(N)=O)C(C)C. The third-order valence-corrected chi connectivity index (χ3v) is 13.6. The van der Waals surface area contributed by atoms with Crippen LogP contribution < -0.4 is 76.1 Å². The van der Waals surface area contributed by atoms with E-state index < -0.39 is 177 Å². The van der Waals surface area contributed by atoms with Crippen molar-refractivity contribution in [1.82, 2.24) is 58.1 Å². The van der Waals surface area contributed by atoms with Gasteiger partial charge in [0, 0.05) is 13.1 Å². The number of aliphatic imine (C=N–C) groups is 1. The second kappa shape index (κ2) is 38.0. The summed E-state index contributed by atoms with van der Waals surface area (Å²) in [7, 11) is 0. The maximum atomic E-state index is 14.3. The quantitative estimate of drug-likeness (QED) is 0.0155. The summed E-state index contributed by atoms with van der Waals surface area (Å²) in [4.78, 5) is 164. The van der Waals surface area contributed by atoms with Gasteiger partial charge in [-0.3, -0.25) is 62.5 Å². The standard InChI is InChI=1S/C49H88N16O16S/c1-8-26(6)38(64-42(75)29(17-24(2)3)56-36(71)19-55-40(73)30(20-66)60-45(78)32(22-68)61-43(76)31(21-67)57-35(70)18-50)47(80)62-33(23-69)44(77)59-28(13-16-82-7)48(81)65-15-10-12-34(65)46(79)58-27(11-9-14-54-49(52)53)41(74)63-37(25(4)5)39(51)72/h24-34,37-38,66-69H,8-23,50H2,1-7H3,(H2,51,72)(H,55,73)(H,56,71)(H,57,70)(H,58,79)(H,59,77)(H,60,78)(H,61,76)(H,62,80)(H,63,74)(H,64,75)(H4,52,53,54)/t26-,27-,28-,29-,30-,31-,32-,33-,34-,37-,38-/m0/s1. The lowest BCUT2D eigenvalue weighted by Crippen LogP contribution is -2.61. The number of guanidine groups is 1. The van der Waals surface area contributed by atoms with Gasteiger partial charge in [0.05, 0.1) is 39.5 Å². The Kier molecular flexibility index (Phi) is 33.8. The first kappa shape index (κ1) is 73.1. The number of carbonyl (C=O) groups excluding carboxylic acids is 12. The Morgan fingerprint density at radius 2 is 1.09 bits per heavy atom. The average molecular weight is 1190 g/mol. The molecule has 1 saturated heterocycles. The minimum Gasteiger partial charge on any atom is -0.394 e. The van der Waals surface area contributed by atoms with Crippen molar-refractivity contribution < 1.29 is 78.0 Å². The van der Waals surface area contributed by atoms with Gasteiger partial charge < -0.3 is 101 Å². The molecular weight excluding hydrogens is 1100 g/mol. The van der Waals surface area contributed by atoms with Gasteiger partial charge in [-0.25, -0.2) is 0 Å². The Balaban J connectivity index is 3.22. The van der Waals surface area contributed by atoms with E-state index in [1.54, 1.807) is 47.8 Å². The molecule has 0 bridgehead atoms. The summed E-state index contributed by atoms with van der Waals surface area (Å²) >= 11 is 1.35. The molecular formula is C49H88N16O16S. The fourth-order valence-corrected chi connectivity index (χ4v) is 8.63. The predicted molar refractivity (Wildman–Crippen MR) is 298 cm³/mol. The van der Waals surface area contributed by atoms with Crippen molar-refractivity contribution in [2.75, 3.05) is 64.6 Å². The fraction of sp³-hybridized carbons (Fsp3) is 0.735. The van der Waals surface area contributed by atoms with Crippen molar-refractivity contribution in [3.05, 3.63) is 0 Å². The summed E-state index contributed by atoms with van der Waals surface area (Å²) in [5.41, 5.74) is 21.6. The third kappa shape index (κ3) is 25.1. The number of likely N-dealkylation sites (tertiary alicyclic amines) is 1. The topological polar surface area (TPSA) is 526 Å². The summed E-state index contributed by atoms with van der Waals surface area (Å²) in [6.45, 7) is 5.13. The van der Waals surface area contributed by atoms with Crippen LogP contribution in [0.1, 0.15) is 86.5 Å². The van der Waals surface area contributed by atoms with Crippen LogP contribution in [0.4, 0.5) is 0 Å². The predicted octanol–water partition coefficient (Wildman–Crippen LogP) is -8.58. The molecule has 0 aromatic heterocycles. The number of carbonyl (C=O) groups is 12. The first-order valence-corrected chi connectivity index (χ1v) is 28.3. The number of thioether (sulfide) groups is 1. The van der Waals surface area contributed by atoms with Crippen molar-refractivity contribution in [2.24, 2.45) is 45.7 Å². The highest BCUT2D eigenvalue weighted by Gasteiger charge is 2.41. The van der Waals surface area contributed by atoms with Gasteiger partial charge in [-0.1, -0.05) is 48.0 Å². The average Bonchev–Trinajstić information content (AvgIpc) is 4.06. The van der Waals surface area contributed by atoms with E-state index in [1.807, 2.05) is 0 Å². The molecule has 22 N–H and O–H groups in total. The van der Waals surface area contributed by atoms with Crippen molar-refractivity contribution in [3.8, 4) is 0 Å². The molecule has 0 aromatic rings. The highest BCUT2D eigenvalue weighted by molar-refractivity contribution is 7.98. The highest BCUT2D eigenvalue weighted by Crippen LogP contribution is 2.21. The first-order valence-electron chi connectivity index (χ1n) is 26.9. The van der Waals surface area contributed by atoms with Gasteiger partial charge in [-0.15, -0.1) is 0 Å². The monoisotopic (exact) mass is 1190 g/mol. The summed E-state index contributed by atoms with van der Waals surface area (Å²) in [6.07, 6.45) is 2.97. The van der Waals surface area contributed by atoms with Crippen LogP contribution in [0.5, 0.6) is 0 Å². The van der Waals surface area contributed by atoms with Crippen LogP contribution in [0, 0.1) is 17.8 Å². The second-order valence-corrected chi connectivity index (χ2v) is 21.2. The van der Waals surface area contributed by atoms with Gasteiger partial charge in [0.2, 0.25) is 70.9 Å². The first-order chi connectivity index (χ1) is 38.6. The van der Waals surface area contributed by atoms with Gasteiger partial charge >= 0.3 is 0 Å². The van der Waals surface area contributed by atoms with Gasteiger partial charge in [0.1, 0.15) is 60.4 Å². The van der Waals surface area contributed by atoms with E-state index in [4.69, 9.17) is 22.9 Å². The lowest BCUT2D eigenvalue weighted by molar-refractivity contribution is -0.143. The minimum atomic E-state index is -1.74. The van der Waals surface area contributed by atoms with Crippen molar-refractivity contribution in [1.29, 1.82) is 0 Å². The number of nitrogens with zero attached hydrogens (tertiary/aromatic N) is 2. The number of nitrogens with two attached hydrogens (primary N) is 4. The molecule has 0 unspecified atom stereocenters. The molecule has 82 heavy (non-hydrogen) atoms. The van der Waals surface area contributed by atoms with Crippen LogP contribution in [0.15, 0.2) is 4.99 Å². The second-order valence-electron chi connectivity index (χ2n) is 20.3. The molecule has 0 radical (unpaired) electrons. The van der Waals surface area contributed by atoms with Gasteiger partial charge in [-0.05, 0) is 68.3 Å². The van der Waals surface area contributed by atoms with Crippen LogP contribution in [-0.2, 0) is 57.5 Å². The lowest BCUT2D eigenvalue weighted by Gasteiger charge is -2.31. The third-order valence-electron chi connectivity index (χ3n) is 13.0. The normalized spacial score (nSPS) is 16.7. The van der Waals surface area contributed by atoms with Crippen LogP contribution >= 0.6 is 11.8 Å².